The number of rotatable bonds is 28. The van der Waals surface area contributed by atoms with Crippen LogP contribution in [0.4, 0.5) is 35.1 Å². The van der Waals surface area contributed by atoms with Crippen LogP contribution in [0, 0.1) is 0 Å². The summed E-state index contributed by atoms with van der Waals surface area (Å²) in [6.45, 7) is 7.64. The van der Waals surface area contributed by atoms with E-state index in [-0.39, 0.29) is 103 Å². The molecule has 0 unspecified atom stereocenters. The Morgan fingerprint density at radius 3 is 1.43 bits per heavy atom. The predicted molar refractivity (Wildman–Crippen MR) is 262 cm³/mol. The molecule has 16 heteroatoms. The van der Waals surface area contributed by atoms with Crippen LogP contribution in [0.25, 0.3) is 44.2 Å². The van der Waals surface area contributed by atoms with Crippen LogP contribution >= 0.6 is 0 Å². The van der Waals surface area contributed by atoms with E-state index in [1.54, 1.807) is 36.4 Å². The fourth-order valence-electron chi connectivity index (χ4n) is 8.46. The Morgan fingerprint density at radius 1 is 0.542 bits per heavy atom. The normalized spacial score (nSPS) is 12.3. The average molecular weight is 1010 g/mol. The van der Waals surface area contributed by atoms with Gasteiger partial charge in [-0.05, 0) is 98.2 Å². The standard InChI is InChI=1S/C56H60F8O8/c1-4-7-9-13-37-15-21-44(48(31-37)55(59,60)61)46-33-39-17-19-42(35-50(39)71-52(46)65)69-29-23-41(68-28-12-26-54(57,58)25-11-27-67-6-3)24-30-70-43-20-18-40-34-47(53(66)72-51(40)36-43)45-22-16-38(14-10-8-5-2)32-49(45)56(62,63)64/h6,15-22,31-36,41H,3-5,7-14,23-30H2,1-2H3. The molecule has 6 rings (SSSR count). The molecule has 0 bridgehead atoms. The van der Waals surface area contributed by atoms with Crippen LogP contribution < -0.4 is 20.7 Å². The molecule has 0 fully saturated rings. The van der Waals surface area contributed by atoms with Crippen LogP contribution in [-0.2, 0) is 34.7 Å². The second-order valence-electron chi connectivity index (χ2n) is 17.8. The molecule has 0 spiro atoms. The Morgan fingerprint density at radius 2 is 1.00 bits per heavy atom. The van der Waals surface area contributed by atoms with Crippen LogP contribution in [0.15, 0.2) is 116 Å². The second-order valence-corrected chi connectivity index (χ2v) is 17.8. The highest BCUT2D eigenvalue weighted by atomic mass is 19.4. The minimum Gasteiger partial charge on any atom is -0.502 e. The summed E-state index contributed by atoms with van der Waals surface area (Å²) in [7, 11) is 0. The maximum Gasteiger partial charge on any atom is 0.417 e. The molecular weight excluding hydrogens is 953 g/mol. The molecule has 0 N–H and O–H groups in total. The molecule has 0 aliphatic heterocycles. The third-order valence-electron chi connectivity index (χ3n) is 12.3. The topological polar surface area (TPSA) is 97.3 Å². The zero-order valence-corrected chi connectivity index (χ0v) is 40.5. The van der Waals surface area contributed by atoms with Gasteiger partial charge in [0, 0.05) is 66.3 Å². The first-order chi connectivity index (χ1) is 34.4. The van der Waals surface area contributed by atoms with E-state index in [2.05, 4.69) is 6.58 Å². The SMILES string of the molecule is C=COCCCC(F)(F)CCCOC(CCOc1ccc2cc(-c3ccc(CCCCC)cc3C(F)(F)F)c(=O)oc2c1)CCOc1ccc2cc(-c3ccc(CCCCC)cc3C(F)(F)F)c(=O)oc2c1. The maximum atomic E-state index is 14.6. The van der Waals surface area contributed by atoms with E-state index in [0.717, 1.165) is 50.7 Å². The van der Waals surface area contributed by atoms with Gasteiger partial charge in [-0.25, -0.2) is 18.4 Å². The molecular formula is C56H60F8O8. The van der Waals surface area contributed by atoms with Gasteiger partial charge in [0.05, 0.1) is 54.4 Å². The molecule has 2 heterocycles. The highest BCUT2D eigenvalue weighted by Gasteiger charge is 2.36. The van der Waals surface area contributed by atoms with Crippen LogP contribution in [0.2, 0.25) is 0 Å². The van der Waals surface area contributed by atoms with Gasteiger partial charge in [0.15, 0.2) is 0 Å². The van der Waals surface area contributed by atoms with Crippen molar-refractivity contribution in [3.05, 3.63) is 141 Å². The number of unbranched alkanes of at least 4 members (excludes halogenated alkanes) is 4. The van der Waals surface area contributed by atoms with Crippen LogP contribution in [-0.4, -0.2) is 38.5 Å². The molecule has 0 radical (unpaired) electrons. The minimum absolute atomic E-state index is 0.00832. The maximum absolute atomic E-state index is 14.6. The number of fused-ring (bicyclic) bond motifs is 2. The molecule has 0 atom stereocenters. The quantitative estimate of drug-likeness (QED) is 0.0207. The molecule has 4 aromatic carbocycles. The lowest BCUT2D eigenvalue weighted by Crippen LogP contribution is -2.22. The largest absolute Gasteiger partial charge is 0.502 e. The number of halogens is 8. The smallest absolute Gasteiger partial charge is 0.417 e. The van der Waals surface area contributed by atoms with E-state index in [9.17, 15) is 44.7 Å². The lowest BCUT2D eigenvalue weighted by molar-refractivity contribution is -0.138. The minimum atomic E-state index is -4.71. The summed E-state index contributed by atoms with van der Waals surface area (Å²) in [6.07, 6.45) is -2.84. The summed E-state index contributed by atoms with van der Waals surface area (Å²) in [5, 5.41) is 0.736. The van der Waals surface area contributed by atoms with Crippen molar-refractivity contribution in [1.82, 2.24) is 0 Å². The summed E-state index contributed by atoms with van der Waals surface area (Å²) in [5.41, 5.74) is -3.55. The van der Waals surface area contributed by atoms with Crippen LogP contribution in [0.1, 0.15) is 113 Å². The first kappa shape index (κ1) is 55.2. The number of alkyl halides is 8. The lowest BCUT2D eigenvalue weighted by Gasteiger charge is -2.20. The van der Waals surface area contributed by atoms with E-state index in [1.807, 2.05) is 13.8 Å². The molecule has 0 aliphatic rings. The number of benzene rings is 4. The van der Waals surface area contributed by atoms with Gasteiger partial charge in [0.25, 0.3) is 0 Å². The van der Waals surface area contributed by atoms with E-state index in [0.29, 0.717) is 34.7 Å². The first-order valence-electron chi connectivity index (χ1n) is 24.4. The first-order valence-corrected chi connectivity index (χ1v) is 24.4. The van der Waals surface area contributed by atoms with Gasteiger partial charge >= 0.3 is 23.6 Å². The summed E-state index contributed by atoms with van der Waals surface area (Å²) >= 11 is 0. The number of hydrogen-bond acceptors (Lipinski definition) is 8. The Labute approximate surface area is 412 Å². The second kappa shape index (κ2) is 25.5. The van der Waals surface area contributed by atoms with Gasteiger partial charge < -0.3 is 27.8 Å². The monoisotopic (exact) mass is 1010 g/mol. The Bertz CT molecular complexity index is 2670. The predicted octanol–water partition coefficient (Wildman–Crippen LogP) is 15.7. The number of aryl methyl sites for hydroxylation is 2. The van der Waals surface area contributed by atoms with Crippen molar-refractivity contribution in [2.45, 2.75) is 128 Å². The zero-order chi connectivity index (χ0) is 51.9. The number of hydrogen-bond donors (Lipinski definition) is 0. The van der Waals surface area contributed by atoms with Crippen molar-refractivity contribution in [2.75, 3.05) is 26.4 Å². The summed E-state index contributed by atoms with van der Waals surface area (Å²) in [4.78, 5) is 26.4. The fourth-order valence-corrected chi connectivity index (χ4v) is 8.46. The number of ether oxygens (including phenoxy) is 4. The molecule has 0 aliphatic carbocycles. The summed E-state index contributed by atoms with van der Waals surface area (Å²) in [6, 6.07) is 19.9. The molecule has 2 aromatic heterocycles. The average Bonchev–Trinajstić information content (AvgIpc) is 3.33. The highest BCUT2D eigenvalue weighted by Crippen LogP contribution is 2.40. The van der Waals surface area contributed by atoms with Crippen molar-refractivity contribution in [3.8, 4) is 33.8 Å². The third-order valence-corrected chi connectivity index (χ3v) is 12.3. The Balaban J connectivity index is 1.13. The van der Waals surface area contributed by atoms with Gasteiger partial charge in [-0.3, -0.25) is 0 Å². The third kappa shape index (κ3) is 15.7. The zero-order valence-electron chi connectivity index (χ0n) is 40.5. The molecule has 0 saturated heterocycles. The summed E-state index contributed by atoms with van der Waals surface area (Å²) in [5.74, 6) is -2.36. The van der Waals surface area contributed by atoms with Crippen molar-refractivity contribution >= 4 is 21.9 Å². The van der Waals surface area contributed by atoms with E-state index < -0.39 is 53.2 Å². The van der Waals surface area contributed by atoms with Crippen molar-refractivity contribution in [1.29, 1.82) is 0 Å². The lowest BCUT2D eigenvalue weighted by atomic mass is 9.95. The van der Waals surface area contributed by atoms with Gasteiger partial charge in [-0.2, -0.15) is 26.3 Å². The van der Waals surface area contributed by atoms with Gasteiger partial charge in [-0.15, -0.1) is 0 Å². The van der Waals surface area contributed by atoms with Gasteiger partial charge in [0.1, 0.15) is 22.7 Å². The van der Waals surface area contributed by atoms with Crippen molar-refractivity contribution in [3.63, 3.8) is 0 Å². The van der Waals surface area contributed by atoms with Gasteiger partial charge in [0.2, 0.25) is 5.92 Å². The Hall–Kier alpha value is -6.16. The molecule has 388 valence electrons. The molecule has 0 amide bonds. The van der Waals surface area contributed by atoms with Crippen molar-refractivity contribution < 1.29 is 62.9 Å². The van der Waals surface area contributed by atoms with Crippen molar-refractivity contribution in [2.24, 2.45) is 0 Å². The molecule has 8 nitrogen and oxygen atoms in total. The van der Waals surface area contributed by atoms with Crippen LogP contribution in [0.5, 0.6) is 11.5 Å². The van der Waals surface area contributed by atoms with E-state index in [4.69, 9.17) is 27.8 Å². The van der Waals surface area contributed by atoms with E-state index >= 15 is 0 Å². The van der Waals surface area contributed by atoms with Crippen LogP contribution in [0.3, 0.4) is 0 Å². The highest BCUT2D eigenvalue weighted by molar-refractivity contribution is 5.85. The van der Waals surface area contributed by atoms with E-state index in [1.165, 1.54) is 42.7 Å². The van der Waals surface area contributed by atoms with Gasteiger partial charge in [-0.1, -0.05) is 70.4 Å². The molecule has 72 heavy (non-hydrogen) atoms. The fraction of sp³-hybridized carbons (Fsp3) is 0.429. The Kier molecular flexibility index (Phi) is 19.5. The molecule has 6 aromatic rings. The molecule has 0 saturated carbocycles. The summed E-state index contributed by atoms with van der Waals surface area (Å²) < 4.78 is 149.